The Kier molecular flexibility index (Phi) is 5.99. The molecule has 2 nitrogen and oxygen atoms in total. The van der Waals surface area contributed by atoms with Crippen LogP contribution in [0.1, 0.15) is 44.9 Å². The topological polar surface area (TPSA) is 16.1 Å². The minimum atomic E-state index is 0.499. The first-order valence-electron chi connectivity index (χ1n) is 5.67. The molecule has 15 heavy (non-hydrogen) atoms. The van der Waals surface area contributed by atoms with Gasteiger partial charge in [0, 0.05) is 19.8 Å². The maximum Gasteiger partial charge on any atom is 0.131 e. The van der Waals surface area contributed by atoms with Gasteiger partial charge in [-0.05, 0) is 24.5 Å². The van der Waals surface area contributed by atoms with Crippen LogP contribution in [0.15, 0.2) is 12.1 Å². The highest BCUT2D eigenvalue weighted by atomic mass is 15.1. The largest absolute Gasteiger partial charge is 0.363 e. The van der Waals surface area contributed by atoms with Crippen LogP contribution in [0, 0.1) is 6.92 Å². The van der Waals surface area contributed by atoms with E-state index in [1.54, 1.807) is 0 Å². The molecule has 0 unspecified atom stereocenters. The van der Waals surface area contributed by atoms with Crippen LogP contribution in [-0.2, 0) is 0 Å². The zero-order chi connectivity index (χ0) is 12.0. The molecule has 0 aliphatic carbocycles. The molecule has 0 saturated heterocycles. The van der Waals surface area contributed by atoms with Gasteiger partial charge in [0.25, 0.3) is 0 Å². The van der Waals surface area contributed by atoms with Crippen molar-refractivity contribution >= 4 is 5.82 Å². The zero-order valence-electron chi connectivity index (χ0n) is 11.1. The van der Waals surface area contributed by atoms with Gasteiger partial charge in [-0.3, -0.25) is 0 Å². The van der Waals surface area contributed by atoms with Crippen molar-refractivity contribution in [1.82, 2.24) is 4.98 Å². The smallest absolute Gasteiger partial charge is 0.131 e. The molecule has 0 aliphatic heterocycles. The van der Waals surface area contributed by atoms with Gasteiger partial charge in [-0.1, -0.05) is 33.8 Å². The van der Waals surface area contributed by atoms with Crippen LogP contribution in [-0.4, -0.2) is 19.1 Å². The number of aryl methyl sites for hydroxylation is 1. The van der Waals surface area contributed by atoms with Gasteiger partial charge in [-0.2, -0.15) is 0 Å². The Morgan fingerprint density at radius 3 is 2.07 bits per heavy atom. The average molecular weight is 208 g/mol. The molecule has 0 amide bonds. The van der Waals surface area contributed by atoms with E-state index in [1.165, 1.54) is 5.56 Å². The fourth-order valence-electron chi connectivity index (χ4n) is 1.31. The molecule has 0 spiro atoms. The van der Waals surface area contributed by atoms with Crippen molar-refractivity contribution in [1.29, 1.82) is 0 Å². The van der Waals surface area contributed by atoms with Crippen molar-refractivity contribution in [2.24, 2.45) is 0 Å². The minimum absolute atomic E-state index is 0.499. The molecule has 1 rings (SSSR count). The molecule has 0 atom stereocenters. The lowest BCUT2D eigenvalue weighted by Gasteiger charge is -2.16. The number of pyridine rings is 1. The van der Waals surface area contributed by atoms with E-state index in [-0.39, 0.29) is 0 Å². The lowest BCUT2D eigenvalue weighted by Crippen LogP contribution is -2.13. The van der Waals surface area contributed by atoms with E-state index >= 15 is 0 Å². The molecular formula is C13H24N2. The number of hydrogen-bond donors (Lipinski definition) is 0. The van der Waals surface area contributed by atoms with E-state index in [0.717, 1.165) is 11.5 Å². The number of aromatic nitrogens is 1. The Morgan fingerprint density at radius 2 is 1.67 bits per heavy atom. The number of anilines is 1. The molecule has 0 aromatic carbocycles. The van der Waals surface area contributed by atoms with Crippen LogP contribution in [0.4, 0.5) is 5.82 Å². The molecule has 0 bridgehead atoms. The van der Waals surface area contributed by atoms with Crippen molar-refractivity contribution in [3.05, 3.63) is 23.4 Å². The van der Waals surface area contributed by atoms with Gasteiger partial charge in [0.15, 0.2) is 0 Å². The van der Waals surface area contributed by atoms with E-state index in [9.17, 15) is 0 Å². The third kappa shape index (κ3) is 3.90. The maximum atomic E-state index is 4.60. The monoisotopic (exact) mass is 208 g/mol. The second-order valence-corrected chi connectivity index (χ2v) is 3.93. The molecule has 0 fully saturated rings. The van der Waals surface area contributed by atoms with Crippen molar-refractivity contribution < 1.29 is 0 Å². The van der Waals surface area contributed by atoms with Crippen molar-refractivity contribution in [3.8, 4) is 0 Å². The molecule has 1 aromatic rings. The highest BCUT2D eigenvalue weighted by molar-refractivity contribution is 5.45. The van der Waals surface area contributed by atoms with Crippen LogP contribution in [0.5, 0.6) is 0 Å². The summed E-state index contributed by atoms with van der Waals surface area (Å²) in [7, 11) is 4.05. The van der Waals surface area contributed by atoms with Crippen molar-refractivity contribution in [2.75, 3.05) is 19.0 Å². The van der Waals surface area contributed by atoms with Gasteiger partial charge < -0.3 is 4.90 Å². The Balaban J connectivity index is 0.000000921. The van der Waals surface area contributed by atoms with E-state index in [4.69, 9.17) is 0 Å². The van der Waals surface area contributed by atoms with Gasteiger partial charge in [0.1, 0.15) is 5.82 Å². The average Bonchev–Trinajstić information content (AvgIpc) is 2.20. The first-order chi connectivity index (χ1) is 7.02. The summed E-state index contributed by atoms with van der Waals surface area (Å²) in [5, 5.41) is 0. The van der Waals surface area contributed by atoms with Gasteiger partial charge in [0.05, 0.1) is 0 Å². The summed E-state index contributed by atoms with van der Waals surface area (Å²) in [5.74, 6) is 1.57. The van der Waals surface area contributed by atoms with E-state index in [1.807, 2.05) is 27.9 Å². The molecule has 0 N–H and O–H groups in total. The van der Waals surface area contributed by atoms with Gasteiger partial charge in [-0.15, -0.1) is 0 Å². The van der Waals surface area contributed by atoms with E-state index in [0.29, 0.717) is 5.92 Å². The Bertz CT molecular complexity index is 291. The Hall–Kier alpha value is -1.05. The third-order valence-electron chi connectivity index (χ3n) is 2.11. The number of rotatable bonds is 2. The molecule has 0 aliphatic rings. The summed E-state index contributed by atoms with van der Waals surface area (Å²) < 4.78 is 0. The maximum absolute atomic E-state index is 4.60. The molecular weight excluding hydrogens is 184 g/mol. The summed E-state index contributed by atoms with van der Waals surface area (Å²) >= 11 is 0. The van der Waals surface area contributed by atoms with Crippen molar-refractivity contribution in [2.45, 2.75) is 40.5 Å². The van der Waals surface area contributed by atoms with E-state index < -0.39 is 0 Å². The zero-order valence-corrected chi connectivity index (χ0v) is 11.1. The predicted molar refractivity (Wildman–Crippen MR) is 68.7 cm³/mol. The summed E-state index contributed by atoms with van der Waals surface area (Å²) in [6.45, 7) is 10.4. The molecule has 0 saturated carbocycles. The van der Waals surface area contributed by atoms with E-state index in [2.05, 4.69) is 42.8 Å². The number of nitrogens with zero attached hydrogens (tertiary/aromatic N) is 2. The van der Waals surface area contributed by atoms with Crippen LogP contribution < -0.4 is 4.90 Å². The SMILES string of the molecule is CC.Cc1ccc(C(C)C)nc1N(C)C. The summed E-state index contributed by atoms with van der Waals surface area (Å²) in [4.78, 5) is 6.65. The minimum Gasteiger partial charge on any atom is -0.363 e. The molecule has 1 aromatic heterocycles. The van der Waals surface area contributed by atoms with Gasteiger partial charge in [-0.25, -0.2) is 4.98 Å². The standard InChI is InChI=1S/C11H18N2.C2H6/c1-8(2)10-7-6-9(3)11(12-10)13(4)5;1-2/h6-8H,1-5H3;1-2H3. The van der Waals surface area contributed by atoms with Crippen LogP contribution in [0.3, 0.4) is 0 Å². The quantitative estimate of drug-likeness (QED) is 0.738. The van der Waals surface area contributed by atoms with Gasteiger partial charge >= 0.3 is 0 Å². The third-order valence-corrected chi connectivity index (χ3v) is 2.11. The fraction of sp³-hybridized carbons (Fsp3) is 0.615. The highest BCUT2D eigenvalue weighted by Crippen LogP contribution is 2.19. The predicted octanol–water partition coefficient (Wildman–Crippen LogP) is 3.61. The normalized spacial score (nSPS) is 9.60. The van der Waals surface area contributed by atoms with Crippen LogP contribution in [0.2, 0.25) is 0 Å². The molecule has 2 heteroatoms. The van der Waals surface area contributed by atoms with Gasteiger partial charge in [0.2, 0.25) is 0 Å². The molecule has 0 radical (unpaired) electrons. The first kappa shape index (κ1) is 13.9. The van der Waals surface area contributed by atoms with Crippen LogP contribution >= 0.6 is 0 Å². The Labute approximate surface area is 94.3 Å². The second-order valence-electron chi connectivity index (χ2n) is 3.93. The second kappa shape index (κ2) is 6.44. The summed E-state index contributed by atoms with van der Waals surface area (Å²) in [6, 6.07) is 4.24. The lowest BCUT2D eigenvalue weighted by molar-refractivity contribution is 0.816. The highest BCUT2D eigenvalue weighted by Gasteiger charge is 2.06. The summed E-state index contributed by atoms with van der Waals surface area (Å²) in [6.07, 6.45) is 0. The first-order valence-corrected chi connectivity index (χ1v) is 5.67. The molecule has 1 heterocycles. The number of hydrogen-bond acceptors (Lipinski definition) is 2. The lowest BCUT2D eigenvalue weighted by atomic mass is 10.1. The fourth-order valence-corrected chi connectivity index (χ4v) is 1.31. The summed E-state index contributed by atoms with van der Waals surface area (Å²) in [5.41, 5.74) is 2.39. The Morgan fingerprint density at radius 1 is 1.13 bits per heavy atom. The molecule has 86 valence electrons. The van der Waals surface area contributed by atoms with Crippen molar-refractivity contribution in [3.63, 3.8) is 0 Å². The van der Waals surface area contributed by atoms with Crippen LogP contribution in [0.25, 0.3) is 0 Å².